The van der Waals surface area contributed by atoms with Gasteiger partial charge in [0, 0.05) is 0 Å². The summed E-state index contributed by atoms with van der Waals surface area (Å²) in [6.07, 6.45) is 5.94. The molecule has 0 spiro atoms. The summed E-state index contributed by atoms with van der Waals surface area (Å²) in [6, 6.07) is 0. The first-order valence-electron chi connectivity index (χ1n) is 5.25. The van der Waals surface area contributed by atoms with E-state index in [1.165, 1.54) is 25.7 Å². The largest absolute Gasteiger partial charge is 0.390 e. The van der Waals surface area contributed by atoms with Crippen molar-refractivity contribution < 1.29 is 5.11 Å². The highest BCUT2D eigenvalue weighted by atomic mass is 16.3. The molecule has 1 nitrogen and oxygen atoms in total. The highest BCUT2D eigenvalue weighted by molar-refractivity contribution is 4.86. The van der Waals surface area contributed by atoms with E-state index < -0.39 is 0 Å². The topological polar surface area (TPSA) is 20.2 Å². The molecule has 0 bridgehead atoms. The fourth-order valence-electron chi connectivity index (χ4n) is 2.33. The lowest BCUT2D eigenvalue weighted by Crippen LogP contribution is -2.38. The zero-order valence-corrected chi connectivity index (χ0v) is 8.64. The summed E-state index contributed by atoms with van der Waals surface area (Å²) in [4.78, 5) is 0. The first kappa shape index (κ1) is 10.0. The third kappa shape index (κ3) is 2.48. The standard InChI is InChI=1S/C11H22O/c1-9(2)8-10-6-4-5-7-11(10,3)12/h9-10,12H,4-8H2,1-3H3/t10-,11+/m0/s1. The van der Waals surface area contributed by atoms with Crippen LogP contribution in [0.5, 0.6) is 0 Å². The molecule has 0 aromatic carbocycles. The molecule has 0 amide bonds. The SMILES string of the molecule is CC(C)C[C@@H]1CCCC[C@@]1(C)O. The Balaban J connectivity index is 2.48. The third-order valence-corrected chi connectivity index (χ3v) is 3.12. The lowest BCUT2D eigenvalue weighted by atomic mass is 9.73. The van der Waals surface area contributed by atoms with Gasteiger partial charge in [-0.1, -0.05) is 26.7 Å². The zero-order chi connectivity index (χ0) is 9.19. The Morgan fingerprint density at radius 1 is 1.42 bits per heavy atom. The minimum absolute atomic E-state index is 0.373. The summed E-state index contributed by atoms with van der Waals surface area (Å²) in [5.41, 5.74) is -0.373. The van der Waals surface area contributed by atoms with Gasteiger partial charge >= 0.3 is 0 Å². The van der Waals surface area contributed by atoms with E-state index in [0.29, 0.717) is 5.92 Å². The van der Waals surface area contributed by atoms with Crippen LogP contribution >= 0.6 is 0 Å². The molecule has 1 N–H and O–H groups in total. The number of aliphatic hydroxyl groups is 1. The zero-order valence-electron chi connectivity index (χ0n) is 8.64. The van der Waals surface area contributed by atoms with E-state index in [4.69, 9.17) is 0 Å². The van der Waals surface area contributed by atoms with Crippen molar-refractivity contribution >= 4 is 0 Å². The molecule has 0 saturated heterocycles. The van der Waals surface area contributed by atoms with E-state index in [0.717, 1.165) is 12.3 Å². The van der Waals surface area contributed by atoms with Gasteiger partial charge in [-0.3, -0.25) is 0 Å². The van der Waals surface area contributed by atoms with Gasteiger partial charge < -0.3 is 5.11 Å². The van der Waals surface area contributed by atoms with Gasteiger partial charge in [-0.05, 0) is 38.0 Å². The molecule has 1 heteroatoms. The van der Waals surface area contributed by atoms with Crippen LogP contribution in [-0.4, -0.2) is 10.7 Å². The first-order chi connectivity index (χ1) is 5.52. The van der Waals surface area contributed by atoms with E-state index >= 15 is 0 Å². The molecule has 1 aliphatic carbocycles. The van der Waals surface area contributed by atoms with Crippen molar-refractivity contribution in [1.82, 2.24) is 0 Å². The van der Waals surface area contributed by atoms with E-state index in [-0.39, 0.29) is 5.60 Å². The van der Waals surface area contributed by atoms with Crippen molar-refractivity contribution in [1.29, 1.82) is 0 Å². The predicted octanol–water partition coefficient (Wildman–Crippen LogP) is 2.97. The van der Waals surface area contributed by atoms with Gasteiger partial charge in [-0.2, -0.15) is 0 Å². The smallest absolute Gasteiger partial charge is 0.0647 e. The van der Waals surface area contributed by atoms with Crippen molar-refractivity contribution in [2.24, 2.45) is 11.8 Å². The Bertz CT molecular complexity index is 138. The minimum atomic E-state index is -0.373. The Labute approximate surface area is 76.2 Å². The monoisotopic (exact) mass is 170 g/mol. The summed E-state index contributed by atoms with van der Waals surface area (Å²) in [5, 5.41) is 10.1. The second kappa shape index (κ2) is 3.78. The van der Waals surface area contributed by atoms with Crippen LogP contribution < -0.4 is 0 Å². The normalized spacial score (nSPS) is 37.2. The summed E-state index contributed by atoms with van der Waals surface area (Å²) in [5.74, 6) is 1.27. The maximum absolute atomic E-state index is 10.1. The molecule has 12 heavy (non-hydrogen) atoms. The molecule has 0 unspecified atom stereocenters. The van der Waals surface area contributed by atoms with Crippen LogP contribution in [0.15, 0.2) is 0 Å². The maximum atomic E-state index is 10.1. The fraction of sp³-hybridized carbons (Fsp3) is 1.00. The van der Waals surface area contributed by atoms with Crippen LogP contribution in [0, 0.1) is 11.8 Å². The van der Waals surface area contributed by atoms with Crippen molar-refractivity contribution in [3.63, 3.8) is 0 Å². The lowest BCUT2D eigenvalue weighted by molar-refractivity contribution is -0.0392. The van der Waals surface area contributed by atoms with Gasteiger partial charge in [0.25, 0.3) is 0 Å². The summed E-state index contributed by atoms with van der Waals surface area (Å²) in [7, 11) is 0. The Morgan fingerprint density at radius 3 is 2.58 bits per heavy atom. The molecular weight excluding hydrogens is 148 g/mol. The third-order valence-electron chi connectivity index (χ3n) is 3.12. The minimum Gasteiger partial charge on any atom is -0.390 e. The molecule has 1 aliphatic rings. The maximum Gasteiger partial charge on any atom is 0.0647 e. The van der Waals surface area contributed by atoms with E-state index in [1.807, 2.05) is 6.92 Å². The quantitative estimate of drug-likeness (QED) is 0.675. The number of hydrogen-bond donors (Lipinski definition) is 1. The van der Waals surface area contributed by atoms with Gasteiger partial charge in [0.15, 0.2) is 0 Å². The predicted molar refractivity (Wildman–Crippen MR) is 52.0 cm³/mol. The Hall–Kier alpha value is -0.0400. The molecule has 1 fully saturated rings. The van der Waals surface area contributed by atoms with Crippen molar-refractivity contribution in [2.75, 3.05) is 0 Å². The van der Waals surface area contributed by atoms with Crippen LogP contribution in [0.2, 0.25) is 0 Å². The second-order valence-corrected chi connectivity index (χ2v) is 4.93. The van der Waals surface area contributed by atoms with Crippen LogP contribution in [0.3, 0.4) is 0 Å². The van der Waals surface area contributed by atoms with Gasteiger partial charge in [0.05, 0.1) is 5.60 Å². The van der Waals surface area contributed by atoms with Crippen LogP contribution in [0.4, 0.5) is 0 Å². The average molecular weight is 170 g/mol. The number of hydrogen-bond acceptors (Lipinski definition) is 1. The van der Waals surface area contributed by atoms with Gasteiger partial charge in [0.1, 0.15) is 0 Å². The van der Waals surface area contributed by atoms with E-state index in [1.54, 1.807) is 0 Å². The molecule has 0 heterocycles. The van der Waals surface area contributed by atoms with Gasteiger partial charge in [-0.25, -0.2) is 0 Å². The lowest BCUT2D eigenvalue weighted by Gasteiger charge is -2.38. The molecule has 2 atom stereocenters. The van der Waals surface area contributed by atoms with Gasteiger partial charge in [-0.15, -0.1) is 0 Å². The number of rotatable bonds is 2. The van der Waals surface area contributed by atoms with E-state index in [9.17, 15) is 5.11 Å². The average Bonchev–Trinajstić information content (AvgIpc) is 1.92. The highest BCUT2D eigenvalue weighted by Gasteiger charge is 2.34. The summed E-state index contributed by atoms with van der Waals surface area (Å²) in [6.45, 7) is 6.49. The van der Waals surface area contributed by atoms with Crippen LogP contribution in [0.1, 0.15) is 52.9 Å². The molecule has 0 aliphatic heterocycles. The van der Waals surface area contributed by atoms with E-state index in [2.05, 4.69) is 13.8 Å². The molecule has 0 radical (unpaired) electrons. The molecule has 1 rings (SSSR count). The molecule has 1 saturated carbocycles. The second-order valence-electron chi connectivity index (χ2n) is 4.93. The molecular formula is C11H22O. The van der Waals surface area contributed by atoms with Gasteiger partial charge in [0.2, 0.25) is 0 Å². The first-order valence-corrected chi connectivity index (χ1v) is 5.25. The Kier molecular flexibility index (Phi) is 3.16. The van der Waals surface area contributed by atoms with Crippen molar-refractivity contribution in [2.45, 2.75) is 58.5 Å². The van der Waals surface area contributed by atoms with Crippen LogP contribution in [0.25, 0.3) is 0 Å². The molecule has 0 aromatic heterocycles. The molecule has 0 aromatic rings. The molecule has 72 valence electrons. The summed E-state index contributed by atoms with van der Waals surface area (Å²) < 4.78 is 0. The Morgan fingerprint density at radius 2 is 2.08 bits per heavy atom. The van der Waals surface area contributed by atoms with Crippen LogP contribution in [-0.2, 0) is 0 Å². The summed E-state index contributed by atoms with van der Waals surface area (Å²) >= 11 is 0. The fourth-order valence-corrected chi connectivity index (χ4v) is 2.33. The van der Waals surface area contributed by atoms with Crippen molar-refractivity contribution in [3.8, 4) is 0 Å². The highest BCUT2D eigenvalue weighted by Crippen LogP contribution is 2.37. The van der Waals surface area contributed by atoms with Crippen molar-refractivity contribution in [3.05, 3.63) is 0 Å².